The highest BCUT2D eigenvalue weighted by atomic mass is 35.5. The molecule has 3 aromatic rings. The van der Waals surface area contributed by atoms with Crippen molar-refractivity contribution >= 4 is 34.8 Å². The number of benzene rings is 2. The molecule has 0 saturated carbocycles. The van der Waals surface area contributed by atoms with Crippen LogP contribution in [0.3, 0.4) is 0 Å². The van der Waals surface area contributed by atoms with Gasteiger partial charge in [-0.05, 0) is 30.3 Å². The van der Waals surface area contributed by atoms with E-state index in [9.17, 15) is 19.7 Å². The van der Waals surface area contributed by atoms with Gasteiger partial charge >= 0.3 is 0 Å². The van der Waals surface area contributed by atoms with E-state index in [1.54, 1.807) is 20.3 Å². The summed E-state index contributed by atoms with van der Waals surface area (Å²) >= 11 is 6.15. The second-order valence-corrected chi connectivity index (χ2v) is 6.69. The Morgan fingerprint density at radius 2 is 1.97 bits per heavy atom. The van der Waals surface area contributed by atoms with Crippen LogP contribution in [0.1, 0.15) is 20.7 Å². The van der Waals surface area contributed by atoms with Gasteiger partial charge in [-0.2, -0.15) is 0 Å². The van der Waals surface area contributed by atoms with Gasteiger partial charge in [-0.25, -0.2) is 4.98 Å². The number of nitro groups is 1. The SMILES string of the molecule is CN(C)C(=O)c1ccc(NC(=O)c2ccc(-n3ccnc3)c([N+](=O)[O-])c2)cc1Cl. The Bertz CT molecular complexity index is 1100. The molecule has 0 atom stereocenters. The topological polar surface area (TPSA) is 110 Å². The molecule has 3 rings (SSSR count). The molecule has 0 unspecified atom stereocenters. The Morgan fingerprint density at radius 3 is 2.55 bits per heavy atom. The molecule has 0 bridgehead atoms. The van der Waals surface area contributed by atoms with E-state index < -0.39 is 10.8 Å². The van der Waals surface area contributed by atoms with Crippen molar-refractivity contribution in [1.29, 1.82) is 0 Å². The average Bonchev–Trinajstić information content (AvgIpc) is 3.21. The summed E-state index contributed by atoms with van der Waals surface area (Å²) in [7, 11) is 3.21. The van der Waals surface area contributed by atoms with E-state index in [-0.39, 0.29) is 22.2 Å². The third kappa shape index (κ3) is 4.25. The molecule has 2 amide bonds. The smallest absolute Gasteiger partial charge is 0.294 e. The summed E-state index contributed by atoms with van der Waals surface area (Å²) in [4.78, 5) is 40.7. The standard InChI is InChI=1S/C19H16ClN5O4/c1-23(2)19(27)14-5-4-13(10-15(14)20)22-18(26)12-3-6-16(17(9-12)25(28)29)24-8-7-21-11-24/h3-11H,1-2H3,(H,22,26). The van der Waals surface area contributed by atoms with Crippen LogP contribution < -0.4 is 5.32 Å². The number of hydrogen-bond acceptors (Lipinski definition) is 5. The quantitative estimate of drug-likeness (QED) is 0.509. The van der Waals surface area contributed by atoms with E-state index in [0.717, 1.165) is 0 Å². The van der Waals surface area contributed by atoms with Crippen LogP contribution in [0.5, 0.6) is 0 Å². The van der Waals surface area contributed by atoms with Crippen LogP contribution in [0, 0.1) is 10.1 Å². The van der Waals surface area contributed by atoms with Gasteiger partial charge in [0, 0.05) is 43.8 Å². The molecule has 0 saturated heterocycles. The highest BCUT2D eigenvalue weighted by Gasteiger charge is 2.19. The van der Waals surface area contributed by atoms with Gasteiger partial charge in [-0.1, -0.05) is 11.6 Å². The van der Waals surface area contributed by atoms with Crippen molar-refractivity contribution in [3.05, 3.63) is 81.4 Å². The molecule has 0 spiro atoms. The zero-order chi connectivity index (χ0) is 21.1. The normalized spacial score (nSPS) is 10.4. The van der Waals surface area contributed by atoms with Gasteiger partial charge in [-0.3, -0.25) is 19.7 Å². The van der Waals surface area contributed by atoms with Crippen molar-refractivity contribution in [3.63, 3.8) is 0 Å². The zero-order valence-electron chi connectivity index (χ0n) is 15.5. The van der Waals surface area contributed by atoms with Crippen LogP contribution in [0.2, 0.25) is 5.02 Å². The maximum Gasteiger partial charge on any atom is 0.294 e. The summed E-state index contributed by atoms with van der Waals surface area (Å²) in [5.41, 5.74) is 0.816. The Kier molecular flexibility index (Phi) is 5.60. The van der Waals surface area contributed by atoms with E-state index >= 15 is 0 Å². The lowest BCUT2D eigenvalue weighted by molar-refractivity contribution is -0.384. The van der Waals surface area contributed by atoms with Crippen molar-refractivity contribution in [3.8, 4) is 5.69 Å². The van der Waals surface area contributed by atoms with Crippen LogP contribution in [0.4, 0.5) is 11.4 Å². The molecule has 0 aliphatic heterocycles. The maximum atomic E-state index is 12.6. The first-order valence-corrected chi connectivity index (χ1v) is 8.75. The third-order valence-corrected chi connectivity index (χ3v) is 4.39. The number of carbonyl (C=O) groups excluding carboxylic acids is 2. The zero-order valence-corrected chi connectivity index (χ0v) is 16.3. The summed E-state index contributed by atoms with van der Waals surface area (Å²) in [6.45, 7) is 0. The van der Waals surface area contributed by atoms with Gasteiger partial charge in [0.1, 0.15) is 5.69 Å². The number of hydrogen-bond donors (Lipinski definition) is 1. The Hall–Kier alpha value is -3.72. The van der Waals surface area contributed by atoms with E-state index in [1.807, 2.05) is 0 Å². The number of imidazole rings is 1. The second-order valence-electron chi connectivity index (χ2n) is 6.28. The molecule has 0 aliphatic carbocycles. The number of nitrogens with one attached hydrogen (secondary N) is 1. The maximum absolute atomic E-state index is 12.6. The number of carbonyl (C=O) groups is 2. The molecule has 148 valence electrons. The fourth-order valence-corrected chi connectivity index (χ4v) is 2.90. The Labute approximate surface area is 170 Å². The minimum Gasteiger partial charge on any atom is -0.345 e. The van der Waals surface area contributed by atoms with Crippen molar-refractivity contribution in [2.45, 2.75) is 0 Å². The second kappa shape index (κ2) is 8.11. The van der Waals surface area contributed by atoms with E-state index in [1.165, 1.54) is 58.4 Å². The summed E-state index contributed by atoms with van der Waals surface area (Å²) in [5, 5.41) is 14.2. The van der Waals surface area contributed by atoms with Crippen LogP contribution >= 0.6 is 11.6 Å². The number of aromatic nitrogens is 2. The van der Waals surface area contributed by atoms with Crippen molar-refractivity contribution in [1.82, 2.24) is 14.5 Å². The van der Waals surface area contributed by atoms with Gasteiger partial charge in [0.05, 0.1) is 21.8 Å². The fourth-order valence-electron chi connectivity index (χ4n) is 2.64. The molecule has 0 fully saturated rings. The summed E-state index contributed by atoms with van der Waals surface area (Å²) in [6, 6.07) is 8.63. The first-order chi connectivity index (χ1) is 13.8. The Morgan fingerprint density at radius 1 is 1.21 bits per heavy atom. The molecular weight excluding hydrogens is 398 g/mol. The number of rotatable bonds is 5. The minimum absolute atomic E-state index is 0.102. The summed E-state index contributed by atoms with van der Waals surface area (Å²) in [6.07, 6.45) is 4.50. The molecule has 1 heterocycles. The van der Waals surface area contributed by atoms with Gasteiger partial charge in [0.2, 0.25) is 0 Å². The summed E-state index contributed by atoms with van der Waals surface area (Å²) < 4.78 is 1.49. The van der Waals surface area contributed by atoms with Gasteiger partial charge in [-0.15, -0.1) is 0 Å². The van der Waals surface area contributed by atoms with E-state index in [4.69, 9.17) is 11.6 Å². The predicted octanol–water partition coefficient (Wildman–Crippen LogP) is 3.39. The number of nitro benzene ring substituents is 1. The highest BCUT2D eigenvalue weighted by molar-refractivity contribution is 6.34. The molecule has 0 aliphatic rings. The average molecular weight is 414 g/mol. The van der Waals surface area contributed by atoms with Crippen molar-refractivity contribution < 1.29 is 14.5 Å². The molecule has 0 radical (unpaired) electrons. The molecule has 9 nitrogen and oxygen atoms in total. The van der Waals surface area contributed by atoms with Crippen LogP contribution in [-0.4, -0.2) is 45.3 Å². The molecule has 1 aromatic heterocycles. The first-order valence-electron chi connectivity index (χ1n) is 8.37. The van der Waals surface area contributed by atoms with Crippen LogP contribution in [0.15, 0.2) is 55.1 Å². The van der Waals surface area contributed by atoms with Crippen LogP contribution in [-0.2, 0) is 0 Å². The third-order valence-electron chi connectivity index (χ3n) is 4.08. The lowest BCUT2D eigenvalue weighted by atomic mass is 10.1. The molecule has 29 heavy (non-hydrogen) atoms. The molecule has 10 heteroatoms. The molecular formula is C19H16ClN5O4. The number of anilines is 1. The van der Waals surface area contributed by atoms with Crippen molar-refractivity contribution in [2.24, 2.45) is 0 Å². The Balaban J connectivity index is 1.86. The molecule has 2 aromatic carbocycles. The van der Waals surface area contributed by atoms with E-state index in [2.05, 4.69) is 10.3 Å². The minimum atomic E-state index is -0.565. The fraction of sp³-hybridized carbons (Fsp3) is 0.105. The largest absolute Gasteiger partial charge is 0.345 e. The number of nitrogens with zero attached hydrogens (tertiary/aromatic N) is 4. The summed E-state index contributed by atoms with van der Waals surface area (Å²) in [5.74, 6) is -0.813. The van der Waals surface area contributed by atoms with E-state index in [0.29, 0.717) is 16.9 Å². The lowest BCUT2D eigenvalue weighted by Gasteiger charge is -2.13. The van der Waals surface area contributed by atoms with Gasteiger partial charge in [0.25, 0.3) is 17.5 Å². The lowest BCUT2D eigenvalue weighted by Crippen LogP contribution is -2.22. The highest BCUT2D eigenvalue weighted by Crippen LogP contribution is 2.26. The van der Waals surface area contributed by atoms with Crippen molar-refractivity contribution in [2.75, 3.05) is 19.4 Å². The predicted molar refractivity (Wildman–Crippen MR) is 108 cm³/mol. The number of halogens is 1. The van der Waals surface area contributed by atoms with Crippen LogP contribution in [0.25, 0.3) is 5.69 Å². The first kappa shape index (κ1) is 20.0. The molecule has 1 N–H and O–H groups in total. The van der Waals surface area contributed by atoms with Gasteiger partial charge in [0.15, 0.2) is 0 Å². The monoisotopic (exact) mass is 413 g/mol. The van der Waals surface area contributed by atoms with Gasteiger partial charge < -0.3 is 14.8 Å². The number of amides is 2.